The maximum Gasteiger partial charge on any atom is 0.261 e. The lowest BCUT2D eigenvalue weighted by molar-refractivity contribution is -0.128. The Morgan fingerprint density at radius 1 is 1.35 bits per heavy atom. The van der Waals surface area contributed by atoms with E-state index in [-0.39, 0.29) is 17.5 Å². The number of amides is 1. The number of halogens is 1. The molecular formula is C15H23ClN2O2. The van der Waals surface area contributed by atoms with Gasteiger partial charge in [-0.2, -0.15) is 0 Å². The third-order valence-corrected chi connectivity index (χ3v) is 2.95. The fourth-order valence-electron chi connectivity index (χ4n) is 1.61. The van der Waals surface area contributed by atoms with Gasteiger partial charge in [-0.1, -0.05) is 17.7 Å². The minimum absolute atomic E-state index is 0.0943. The molecule has 1 unspecified atom stereocenters. The zero-order valence-corrected chi connectivity index (χ0v) is 13.4. The largest absolute Gasteiger partial charge is 0.479 e. The summed E-state index contributed by atoms with van der Waals surface area (Å²) in [7, 11) is 0. The maximum atomic E-state index is 12.0. The van der Waals surface area contributed by atoms with Crippen LogP contribution in [0.4, 0.5) is 0 Å². The van der Waals surface area contributed by atoms with Crippen molar-refractivity contribution < 1.29 is 9.53 Å². The number of benzene rings is 1. The minimum Gasteiger partial charge on any atom is -0.479 e. The average Bonchev–Trinajstić information content (AvgIpc) is 2.29. The molecule has 1 amide bonds. The molecule has 5 heteroatoms. The van der Waals surface area contributed by atoms with Crippen molar-refractivity contribution in [2.75, 3.05) is 0 Å². The lowest BCUT2D eigenvalue weighted by Gasteiger charge is -2.24. The first-order valence-electron chi connectivity index (χ1n) is 6.64. The number of hydrogen-bond donors (Lipinski definition) is 2. The van der Waals surface area contributed by atoms with Crippen LogP contribution in [0, 0.1) is 0 Å². The molecule has 20 heavy (non-hydrogen) atoms. The predicted octanol–water partition coefficient (Wildman–Crippen LogP) is 3.04. The van der Waals surface area contributed by atoms with E-state index >= 15 is 0 Å². The van der Waals surface area contributed by atoms with Gasteiger partial charge in [0.05, 0.1) is 5.02 Å². The Balaban J connectivity index is 2.76. The van der Waals surface area contributed by atoms with Gasteiger partial charge in [-0.05, 0) is 52.3 Å². The number of carbonyl (C=O) groups excluding carboxylic acids is 1. The summed E-state index contributed by atoms with van der Waals surface area (Å²) in [6.07, 6.45) is -0.618. The molecule has 4 nitrogen and oxygen atoms in total. The van der Waals surface area contributed by atoms with Gasteiger partial charge in [-0.3, -0.25) is 4.79 Å². The third kappa shape index (κ3) is 5.02. The highest BCUT2D eigenvalue weighted by Gasteiger charge is 2.21. The summed E-state index contributed by atoms with van der Waals surface area (Å²) in [5.74, 6) is 0.303. The molecule has 0 spiro atoms. The first kappa shape index (κ1) is 16.8. The number of hydrogen-bond acceptors (Lipinski definition) is 3. The predicted molar refractivity (Wildman–Crippen MR) is 82.0 cm³/mol. The zero-order valence-electron chi connectivity index (χ0n) is 12.7. The van der Waals surface area contributed by atoms with Crippen LogP contribution in [0.15, 0.2) is 18.2 Å². The summed E-state index contributed by atoms with van der Waals surface area (Å²) in [5.41, 5.74) is 6.42. The molecule has 1 rings (SSSR count). The van der Waals surface area contributed by atoms with Gasteiger partial charge in [0.15, 0.2) is 6.10 Å². The molecular weight excluding hydrogens is 276 g/mol. The van der Waals surface area contributed by atoms with Crippen molar-refractivity contribution in [1.29, 1.82) is 0 Å². The van der Waals surface area contributed by atoms with Gasteiger partial charge < -0.3 is 15.8 Å². The number of rotatable bonds is 4. The lowest BCUT2D eigenvalue weighted by Crippen LogP contribution is -2.46. The molecule has 0 heterocycles. The van der Waals surface area contributed by atoms with E-state index in [0.29, 0.717) is 10.8 Å². The van der Waals surface area contributed by atoms with E-state index in [0.717, 1.165) is 5.56 Å². The van der Waals surface area contributed by atoms with Crippen LogP contribution >= 0.6 is 11.6 Å². The Labute approximate surface area is 125 Å². The van der Waals surface area contributed by atoms with Crippen LogP contribution < -0.4 is 15.8 Å². The fraction of sp³-hybridized carbons (Fsp3) is 0.533. The zero-order chi connectivity index (χ0) is 15.5. The SMILES string of the molecule is CC(Oc1ccc([C@@H](C)N)cc1Cl)C(=O)NC(C)(C)C. The van der Waals surface area contributed by atoms with Crippen LogP contribution in [0.3, 0.4) is 0 Å². The van der Waals surface area contributed by atoms with Crippen LogP contribution in [-0.2, 0) is 4.79 Å². The van der Waals surface area contributed by atoms with E-state index in [1.165, 1.54) is 0 Å². The molecule has 0 bridgehead atoms. The second-order valence-corrected chi connectivity index (χ2v) is 6.39. The number of nitrogens with one attached hydrogen (secondary N) is 1. The maximum absolute atomic E-state index is 12.0. The molecule has 0 fully saturated rings. The molecule has 2 atom stereocenters. The highest BCUT2D eigenvalue weighted by atomic mass is 35.5. The van der Waals surface area contributed by atoms with E-state index in [1.54, 1.807) is 19.1 Å². The monoisotopic (exact) mass is 298 g/mol. The molecule has 1 aromatic carbocycles. The molecule has 0 saturated carbocycles. The molecule has 0 aromatic heterocycles. The second kappa shape index (κ2) is 6.46. The van der Waals surface area contributed by atoms with Crippen molar-refractivity contribution in [3.05, 3.63) is 28.8 Å². The minimum atomic E-state index is -0.618. The molecule has 0 aliphatic heterocycles. The first-order valence-corrected chi connectivity index (χ1v) is 7.01. The Hall–Kier alpha value is -1.26. The van der Waals surface area contributed by atoms with Crippen molar-refractivity contribution in [3.63, 3.8) is 0 Å². The Bertz CT molecular complexity index is 481. The normalized spacial score (nSPS) is 14.6. The van der Waals surface area contributed by atoms with Crippen LogP contribution in [0.5, 0.6) is 5.75 Å². The molecule has 1 aromatic rings. The average molecular weight is 299 g/mol. The Kier molecular flexibility index (Phi) is 5.42. The molecule has 3 N–H and O–H groups in total. The molecule has 0 radical (unpaired) electrons. The van der Waals surface area contributed by atoms with E-state index in [4.69, 9.17) is 22.1 Å². The van der Waals surface area contributed by atoms with Crippen molar-refractivity contribution in [1.82, 2.24) is 5.32 Å². The lowest BCUT2D eigenvalue weighted by atomic mass is 10.1. The summed E-state index contributed by atoms with van der Waals surface area (Å²) in [4.78, 5) is 12.0. The van der Waals surface area contributed by atoms with Gasteiger partial charge in [0.1, 0.15) is 5.75 Å². The van der Waals surface area contributed by atoms with Crippen molar-refractivity contribution in [2.45, 2.75) is 52.3 Å². The summed E-state index contributed by atoms with van der Waals surface area (Å²) < 4.78 is 5.60. The molecule has 0 saturated heterocycles. The molecule has 0 aliphatic rings. The third-order valence-electron chi connectivity index (χ3n) is 2.65. The molecule has 112 valence electrons. The fourth-order valence-corrected chi connectivity index (χ4v) is 1.84. The highest BCUT2D eigenvalue weighted by molar-refractivity contribution is 6.32. The van der Waals surface area contributed by atoms with Gasteiger partial charge in [0.2, 0.25) is 0 Å². The Morgan fingerprint density at radius 3 is 2.40 bits per heavy atom. The second-order valence-electron chi connectivity index (χ2n) is 5.98. The van der Waals surface area contributed by atoms with Crippen LogP contribution in [0.2, 0.25) is 5.02 Å². The van der Waals surface area contributed by atoms with Crippen molar-refractivity contribution in [3.8, 4) is 5.75 Å². The van der Waals surface area contributed by atoms with Crippen LogP contribution in [0.1, 0.15) is 46.2 Å². The summed E-state index contributed by atoms with van der Waals surface area (Å²) in [6, 6.07) is 5.25. The van der Waals surface area contributed by atoms with Crippen molar-refractivity contribution >= 4 is 17.5 Å². The standard InChI is InChI=1S/C15H23ClN2O2/c1-9(17)11-6-7-13(12(16)8-11)20-10(2)14(19)18-15(3,4)5/h6-10H,17H2,1-5H3,(H,18,19)/t9-,10?/m1/s1. The highest BCUT2D eigenvalue weighted by Crippen LogP contribution is 2.28. The summed E-state index contributed by atoms with van der Waals surface area (Å²) in [5, 5.41) is 3.32. The van der Waals surface area contributed by atoms with Gasteiger partial charge in [-0.25, -0.2) is 0 Å². The van der Waals surface area contributed by atoms with Gasteiger partial charge in [0, 0.05) is 11.6 Å². The van der Waals surface area contributed by atoms with E-state index in [1.807, 2.05) is 33.8 Å². The topological polar surface area (TPSA) is 64.3 Å². The van der Waals surface area contributed by atoms with E-state index in [9.17, 15) is 4.79 Å². The van der Waals surface area contributed by atoms with Crippen LogP contribution in [0.25, 0.3) is 0 Å². The van der Waals surface area contributed by atoms with Crippen molar-refractivity contribution in [2.24, 2.45) is 5.73 Å². The van der Waals surface area contributed by atoms with Gasteiger partial charge in [0.25, 0.3) is 5.91 Å². The number of ether oxygens (including phenoxy) is 1. The smallest absolute Gasteiger partial charge is 0.261 e. The quantitative estimate of drug-likeness (QED) is 0.898. The van der Waals surface area contributed by atoms with E-state index in [2.05, 4.69) is 5.32 Å². The van der Waals surface area contributed by atoms with Gasteiger partial charge >= 0.3 is 0 Å². The van der Waals surface area contributed by atoms with Gasteiger partial charge in [-0.15, -0.1) is 0 Å². The number of nitrogens with two attached hydrogens (primary N) is 1. The Morgan fingerprint density at radius 2 is 1.95 bits per heavy atom. The molecule has 0 aliphatic carbocycles. The summed E-state index contributed by atoms with van der Waals surface area (Å²) >= 11 is 6.14. The number of carbonyl (C=O) groups is 1. The first-order chi connectivity index (χ1) is 9.10. The van der Waals surface area contributed by atoms with Crippen LogP contribution in [-0.4, -0.2) is 17.6 Å². The van der Waals surface area contributed by atoms with E-state index < -0.39 is 6.10 Å². The summed E-state index contributed by atoms with van der Waals surface area (Å²) in [6.45, 7) is 9.33.